The van der Waals surface area contributed by atoms with Crippen molar-refractivity contribution in [2.45, 2.75) is 24.9 Å². The molecule has 0 aliphatic carbocycles. The van der Waals surface area contributed by atoms with Crippen molar-refractivity contribution < 1.29 is 18.6 Å². The van der Waals surface area contributed by atoms with Gasteiger partial charge in [0.15, 0.2) is 0 Å². The minimum absolute atomic E-state index is 0.0204. The number of halogens is 3. The first kappa shape index (κ1) is 12.9. The van der Waals surface area contributed by atoms with Gasteiger partial charge in [0, 0.05) is 25.2 Å². The van der Waals surface area contributed by atoms with Crippen molar-refractivity contribution in [2.75, 3.05) is 13.2 Å². The number of benzene rings is 1. The molecule has 1 aromatic rings. The van der Waals surface area contributed by atoms with E-state index in [4.69, 9.17) is 4.74 Å². The zero-order chi connectivity index (χ0) is 12.5. The van der Waals surface area contributed by atoms with Gasteiger partial charge in [0.1, 0.15) is 11.6 Å². The summed E-state index contributed by atoms with van der Waals surface area (Å²) in [6, 6.07) is 2.52. The maximum absolute atomic E-state index is 13.8. The van der Waals surface area contributed by atoms with Gasteiger partial charge in [-0.2, -0.15) is 0 Å². The molecule has 2 nitrogen and oxygen atoms in total. The summed E-state index contributed by atoms with van der Waals surface area (Å²) < 4.78 is 32.7. The highest BCUT2D eigenvalue weighted by atomic mass is 79.9. The van der Waals surface area contributed by atoms with E-state index < -0.39 is 17.2 Å². The van der Waals surface area contributed by atoms with Crippen LogP contribution in [0.1, 0.15) is 18.4 Å². The first-order valence-electron chi connectivity index (χ1n) is 5.44. The Labute approximate surface area is 107 Å². The number of hydrogen-bond donors (Lipinski definition) is 1. The molecular formula is C12H13BrF2O2. The Bertz CT molecular complexity index is 417. The fraction of sp³-hybridized carbons (Fsp3) is 0.500. The molecule has 0 bridgehead atoms. The highest BCUT2D eigenvalue weighted by molar-refractivity contribution is 9.10. The molecule has 1 aliphatic heterocycles. The van der Waals surface area contributed by atoms with Gasteiger partial charge in [-0.25, -0.2) is 8.78 Å². The Hall–Kier alpha value is -0.520. The van der Waals surface area contributed by atoms with Crippen LogP contribution in [0.3, 0.4) is 0 Å². The summed E-state index contributed by atoms with van der Waals surface area (Å²) in [5, 5.41) is 10.2. The number of hydrogen-bond acceptors (Lipinski definition) is 2. The van der Waals surface area contributed by atoms with Crippen LogP contribution in [-0.2, 0) is 11.2 Å². The van der Waals surface area contributed by atoms with Gasteiger partial charge in [0.05, 0.1) is 10.1 Å². The molecule has 0 aromatic heterocycles. The summed E-state index contributed by atoms with van der Waals surface area (Å²) in [5.74, 6) is -1.25. The van der Waals surface area contributed by atoms with Crippen LogP contribution in [0.4, 0.5) is 8.78 Å². The largest absolute Gasteiger partial charge is 0.389 e. The van der Waals surface area contributed by atoms with E-state index in [-0.39, 0.29) is 16.5 Å². The van der Waals surface area contributed by atoms with E-state index in [0.717, 1.165) is 0 Å². The van der Waals surface area contributed by atoms with Gasteiger partial charge >= 0.3 is 0 Å². The van der Waals surface area contributed by atoms with Crippen molar-refractivity contribution in [3.8, 4) is 0 Å². The van der Waals surface area contributed by atoms with E-state index in [1.165, 1.54) is 12.1 Å². The minimum atomic E-state index is -1.07. The van der Waals surface area contributed by atoms with Gasteiger partial charge < -0.3 is 9.84 Å². The Morgan fingerprint density at radius 1 is 1.29 bits per heavy atom. The van der Waals surface area contributed by atoms with Gasteiger partial charge in [-0.1, -0.05) is 0 Å². The van der Waals surface area contributed by atoms with E-state index in [0.29, 0.717) is 26.1 Å². The molecule has 17 heavy (non-hydrogen) atoms. The second kappa shape index (κ2) is 5.00. The molecular weight excluding hydrogens is 294 g/mol. The Morgan fingerprint density at radius 3 is 2.59 bits per heavy atom. The molecule has 0 atom stereocenters. The average Bonchev–Trinajstić information content (AvgIpc) is 2.31. The Morgan fingerprint density at radius 2 is 1.94 bits per heavy atom. The van der Waals surface area contributed by atoms with E-state index in [2.05, 4.69) is 15.9 Å². The van der Waals surface area contributed by atoms with Gasteiger partial charge in [-0.15, -0.1) is 0 Å². The smallest absolute Gasteiger partial charge is 0.143 e. The fourth-order valence-corrected chi connectivity index (χ4v) is 2.36. The van der Waals surface area contributed by atoms with Crippen LogP contribution < -0.4 is 0 Å². The standard InChI is InChI=1S/C12H13BrF2O2/c13-9-1-2-10(14)8(11(9)15)7-12(16)3-5-17-6-4-12/h1-2,16H,3-7H2. The summed E-state index contributed by atoms with van der Waals surface area (Å²) in [5.41, 5.74) is -1.13. The lowest BCUT2D eigenvalue weighted by molar-refractivity contribution is -0.0634. The molecule has 1 N–H and O–H groups in total. The summed E-state index contributed by atoms with van der Waals surface area (Å²) >= 11 is 3.01. The molecule has 94 valence electrons. The maximum Gasteiger partial charge on any atom is 0.143 e. The van der Waals surface area contributed by atoms with E-state index in [1.54, 1.807) is 0 Å². The van der Waals surface area contributed by atoms with Crippen LogP contribution in [0.5, 0.6) is 0 Å². The second-order valence-electron chi connectivity index (χ2n) is 4.34. The molecule has 0 amide bonds. The molecule has 5 heteroatoms. The molecule has 1 aromatic carbocycles. The van der Waals surface area contributed by atoms with Gasteiger partial charge in [0.25, 0.3) is 0 Å². The van der Waals surface area contributed by atoms with E-state index >= 15 is 0 Å². The van der Waals surface area contributed by atoms with Crippen LogP contribution >= 0.6 is 15.9 Å². The van der Waals surface area contributed by atoms with Gasteiger partial charge in [0.2, 0.25) is 0 Å². The van der Waals surface area contributed by atoms with Crippen LogP contribution in [0.2, 0.25) is 0 Å². The molecule has 2 rings (SSSR count). The molecule has 1 saturated heterocycles. The Balaban J connectivity index is 2.26. The third-order valence-electron chi connectivity index (χ3n) is 3.07. The number of ether oxygens (including phenoxy) is 1. The van der Waals surface area contributed by atoms with Crippen molar-refractivity contribution in [1.82, 2.24) is 0 Å². The zero-order valence-corrected chi connectivity index (χ0v) is 10.8. The summed E-state index contributed by atoms with van der Waals surface area (Å²) in [7, 11) is 0. The van der Waals surface area contributed by atoms with Crippen molar-refractivity contribution in [3.63, 3.8) is 0 Å². The summed E-state index contributed by atoms with van der Waals surface area (Å²) in [4.78, 5) is 0. The monoisotopic (exact) mass is 306 g/mol. The lowest BCUT2D eigenvalue weighted by Crippen LogP contribution is -2.38. The van der Waals surface area contributed by atoms with Crippen molar-refractivity contribution >= 4 is 15.9 Å². The molecule has 0 radical (unpaired) electrons. The molecule has 0 spiro atoms. The molecule has 1 fully saturated rings. The zero-order valence-electron chi connectivity index (χ0n) is 9.18. The van der Waals surface area contributed by atoms with Crippen molar-refractivity contribution in [2.24, 2.45) is 0 Å². The quantitative estimate of drug-likeness (QED) is 0.852. The maximum atomic E-state index is 13.8. The number of aliphatic hydroxyl groups is 1. The van der Waals surface area contributed by atoms with Crippen molar-refractivity contribution in [3.05, 3.63) is 33.8 Å². The predicted octanol–water partition coefficient (Wildman–Crippen LogP) is 2.81. The van der Waals surface area contributed by atoms with Crippen LogP contribution in [0, 0.1) is 11.6 Å². The third kappa shape index (κ3) is 2.84. The van der Waals surface area contributed by atoms with Gasteiger partial charge in [-0.05, 0) is 40.9 Å². The Kier molecular flexibility index (Phi) is 3.80. The lowest BCUT2D eigenvalue weighted by Gasteiger charge is -2.32. The SMILES string of the molecule is OC1(Cc2c(F)ccc(Br)c2F)CCOCC1. The van der Waals surface area contributed by atoms with Crippen LogP contribution in [-0.4, -0.2) is 23.9 Å². The van der Waals surface area contributed by atoms with Gasteiger partial charge in [-0.3, -0.25) is 0 Å². The first-order chi connectivity index (χ1) is 8.02. The first-order valence-corrected chi connectivity index (χ1v) is 6.24. The lowest BCUT2D eigenvalue weighted by atomic mass is 9.87. The second-order valence-corrected chi connectivity index (χ2v) is 5.19. The molecule has 1 heterocycles. The topological polar surface area (TPSA) is 29.5 Å². The van der Waals surface area contributed by atoms with Crippen LogP contribution in [0.25, 0.3) is 0 Å². The molecule has 0 unspecified atom stereocenters. The number of rotatable bonds is 2. The summed E-state index contributed by atoms with van der Waals surface area (Å²) in [6.07, 6.45) is 0.782. The molecule has 0 saturated carbocycles. The normalized spacial score (nSPS) is 19.3. The predicted molar refractivity (Wildman–Crippen MR) is 62.8 cm³/mol. The average molecular weight is 307 g/mol. The third-order valence-corrected chi connectivity index (χ3v) is 3.68. The van der Waals surface area contributed by atoms with E-state index in [9.17, 15) is 13.9 Å². The van der Waals surface area contributed by atoms with E-state index in [1.807, 2.05) is 0 Å². The fourth-order valence-electron chi connectivity index (χ4n) is 1.99. The summed E-state index contributed by atoms with van der Waals surface area (Å²) in [6.45, 7) is 0.849. The highest BCUT2D eigenvalue weighted by Crippen LogP contribution is 2.29. The minimum Gasteiger partial charge on any atom is -0.389 e. The van der Waals surface area contributed by atoms with Crippen molar-refractivity contribution in [1.29, 1.82) is 0 Å². The highest BCUT2D eigenvalue weighted by Gasteiger charge is 2.32. The molecule has 1 aliphatic rings. The van der Waals surface area contributed by atoms with Crippen LogP contribution in [0.15, 0.2) is 16.6 Å².